The van der Waals surface area contributed by atoms with E-state index in [4.69, 9.17) is 0 Å². The number of benzene rings is 1. The molecule has 1 N–H and O–H groups in total. The molecule has 8 heteroatoms. The lowest BCUT2D eigenvalue weighted by Crippen LogP contribution is -2.56. The average Bonchev–Trinajstić information content (AvgIpc) is 3.13. The van der Waals surface area contributed by atoms with Gasteiger partial charge >= 0.3 is 0 Å². The first-order valence-corrected chi connectivity index (χ1v) is 12.6. The summed E-state index contributed by atoms with van der Waals surface area (Å²) in [7, 11) is 3.86. The third-order valence-electron chi connectivity index (χ3n) is 8.46. The lowest BCUT2D eigenvalue weighted by Gasteiger charge is -2.42. The number of piperidine rings is 1. The normalized spacial score (nSPS) is 23.6. The van der Waals surface area contributed by atoms with Crippen LogP contribution in [0.5, 0.6) is 0 Å². The maximum Gasteiger partial charge on any atom is 0.242 e. The predicted molar refractivity (Wildman–Crippen MR) is 132 cm³/mol. The van der Waals surface area contributed by atoms with Gasteiger partial charge < -0.3 is 15.1 Å². The summed E-state index contributed by atoms with van der Waals surface area (Å²) in [5, 5.41) is 3.26. The summed E-state index contributed by atoms with van der Waals surface area (Å²) in [5.74, 6) is 0.119. The zero-order valence-corrected chi connectivity index (χ0v) is 21.1. The van der Waals surface area contributed by atoms with E-state index >= 15 is 0 Å². The number of piperazine rings is 1. The van der Waals surface area contributed by atoms with E-state index in [-0.39, 0.29) is 29.1 Å². The summed E-state index contributed by atoms with van der Waals surface area (Å²) in [6.45, 7) is 10.0. The topological polar surface area (TPSA) is 59.1 Å². The van der Waals surface area contributed by atoms with E-state index in [1.54, 1.807) is 0 Å². The Kier molecular flexibility index (Phi) is 7.20. The third-order valence-corrected chi connectivity index (χ3v) is 8.46. The first kappa shape index (κ1) is 24.9. The molecule has 3 fully saturated rings. The van der Waals surface area contributed by atoms with Crippen LogP contribution in [-0.2, 0) is 9.59 Å². The van der Waals surface area contributed by atoms with E-state index in [1.807, 2.05) is 49.9 Å². The summed E-state index contributed by atoms with van der Waals surface area (Å²) in [4.78, 5) is 34.6. The van der Waals surface area contributed by atoms with Gasteiger partial charge in [-0.05, 0) is 77.9 Å². The smallest absolute Gasteiger partial charge is 0.242 e. The molecule has 1 spiro atoms. The molecule has 0 saturated carbocycles. The van der Waals surface area contributed by atoms with Crippen molar-refractivity contribution in [3.8, 4) is 0 Å². The molecule has 3 heterocycles. The first-order valence-electron chi connectivity index (χ1n) is 12.6. The quantitative estimate of drug-likeness (QED) is 0.686. The zero-order valence-electron chi connectivity index (χ0n) is 21.1. The van der Waals surface area contributed by atoms with E-state index in [1.165, 1.54) is 12.1 Å². The maximum atomic E-state index is 13.2. The molecule has 2 amide bonds. The van der Waals surface area contributed by atoms with Gasteiger partial charge in [0.05, 0.1) is 11.0 Å². The Morgan fingerprint density at radius 1 is 1.09 bits per heavy atom. The SMILES string of the molecule is CN(C)C(C)(C)C(=O)N1CCC2(CC1)CC(CCN1CCN(c3ccc(F)cc3)CC1)NC2=O. The molecule has 1 atom stereocenters. The predicted octanol–water partition coefficient (Wildman–Crippen LogP) is 2.18. The molecule has 3 aliphatic heterocycles. The van der Waals surface area contributed by atoms with Crippen LogP contribution in [-0.4, -0.2) is 98.0 Å². The van der Waals surface area contributed by atoms with Crippen LogP contribution in [0.25, 0.3) is 0 Å². The van der Waals surface area contributed by atoms with Crippen LogP contribution in [0.1, 0.15) is 39.5 Å². The number of hydrogen-bond acceptors (Lipinski definition) is 5. The molecule has 0 radical (unpaired) electrons. The first-order chi connectivity index (χ1) is 16.1. The van der Waals surface area contributed by atoms with Crippen molar-refractivity contribution in [2.24, 2.45) is 5.41 Å². The van der Waals surface area contributed by atoms with E-state index in [0.717, 1.165) is 64.1 Å². The molecule has 3 saturated heterocycles. The summed E-state index contributed by atoms with van der Waals surface area (Å²) in [6.07, 6.45) is 3.34. The molecule has 4 rings (SSSR count). The number of likely N-dealkylation sites (N-methyl/N-ethyl adjacent to an activating group) is 1. The molecule has 1 aromatic carbocycles. The molecular formula is C26H40FN5O2. The Bertz CT molecular complexity index is 872. The number of nitrogens with one attached hydrogen (secondary N) is 1. The van der Waals surface area contributed by atoms with Gasteiger partial charge in [-0.3, -0.25) is 19.4 Å². The fraction of sp³-hybridized carbons (Fsp3) is 0.692. The minimum absolute atomic E-state index is 0.141. The Balaban J connectivity index is 1.23. The average molecular weight is 474 g/mol. The van der Waals surface area contributed by atoms with Crippen LogP contribution in [0.4, 0.5) is 10.1 Å². The van der Waals surface area contributed by atoms with E-state index < -0.39 is 5.54 Å². The number of anilines is 1. The number of likely N-dealkylation sites (tertiary alicyclic amines) is 1. The largest absolute Gasteiger partial charge is 0.369 e. The van der Waals surface area contributed by atoms with Crippen molar-refractivity contribution in [1.82, 2.24) is 20.0 Å². The molecule has 1 unspecified atom stereocenters. The van der Waals surface area contributed by atoms with Crippen molar-refractivity contribution >= 4 is 17.5 Å². The molecule has 188 valence electrons. The highest BCUT2D eigenvalue weighted by molar-refractivity contribution is 5.87. The molecule has 3 aliphatic rings. The van der Waals surface area contributed by atoms with E-state index in [9.17, 15) is 14.0 Å². The summed E-state index contributed by atoms with van der Waals surface area (Å²) in [6, 6.07) is 6.94. The molecule has 0 aromatic heterocycles. The summed E-state index contributed by atoms with van der Waals surface area (Å²) in [5.41, 5.74) is 0.223. The van der Waals surface area contributed by atoms with Crippen molar-refractivity contribution in [1.29, 1.82) is 0 Å². The molecular weight excluding hydrogens is 433 g/mol. The second-order valence-corrected chi connectivity index (χ2v) is 11.0. The fourth-order valence-corrected chi connectivity index (χ4v) is 5.50. The van der Waals surface area contributed by atoms with E-state index in [0.29, 0.717) is 13.1 Å². The number of amides is 2. The van der Waals surface area contributed by atoms with Crippen LogP contribution in [0.3, 0.4) is 0 Å². The molecule has 7 nitrogen and oxygen atoms in total. The van der Waals surface area contributed by atoms with E-state index in [2.05, 4.69) is 15.1 Å². The van der Waals surface area contributed by atoms with Crippen LogP contribution < -0.4 is 10.2 Å². The van der Waals surface area contributed by atoms with Gasteiger partial charge in [0, 0.05) is 57.5 Å². The minimum atomic E-state index is -0.536. The lowest BCUT2D eigenvalue weighted by atomic mass is 9.75. The van der Waals surface area contributed by atoms with Crippen LogP contribution in [0.15, 0.2) is 24.3 Å². The Hall–Kier alpha value is -2.19. The van der Waals surface area contributed by atoms with Crippen LogP contribution in [0.2, 0.25) is 0 Å². The van der Waals surface area contributed by atoms with Gasteiger partial charge in [-0.25, -0.2) is 4.39 Å². The van der Waals surface area contributed by atoms with Gasteiger partial charge in [0.1, 0.15) is 5.82 Å². The van der Waals surface area contributed by atoms with Crippen molar-refractivity contribution in [2.75, 3.05) is 64.8 Å². The van der Waals surface area contributed by atoms with Crippen molar-refractivity contribution in [3.05, 3.63) is 30.1 Å². The number of nitrogens with zero attached hydrogens (tertiary/aromatic N) is 4. The van der Waals surface area contributed by atoms with Gasteiger partial charge in [-0.15, -0.1) is 0 Å². The number of rotatable bonds is 6. The lowest BCUT2D eigenvalue weighted by molar-refractivity contribution is -0.146. The zero-order chi connectivity index (χ0) is 24.5. The van der Waals surface area contributed by atoms with Crippen molar-refractivity contribution < 1.29 is 14.0 Å². The number of carbonyl (C=O) groups excluding carboxylic acids is 2. The van der Waals surface area contributed by atoms with Crippen LogP contribution in [0, 0.1) is 11.2 Å². The van der Waals surface area contributed by atoms with Gasteiger partial charge in [0.15, 0.2) is 0 Å². The Morgan fingerprint density at radius 2 is 1.71 bits per heavy atom. The molecule has 34 heavy (non-hydrogen) atoms. The van der Waals surface area contributed by atoms with Gasteiger partial charge in [0.2, 0.25) is 11.8 Å². The highest BCUT2D eigenvalue weighted by Crippen LogP contribution is 2.41. The number of hydrogen-bond donors (Lipinski definition) is 1. The minimum Gasteiger partial charge on any atom is -0.369 e. The Labute approximate surface area is 203 Å². The second-order valence-electron chi connectivity index (χ2n) is 11.0. The maximum absolute atomic E-state index is 13.2. The fourth-order valence-electron chi connectivity index (χ4n) is 5.50. The molecule has 0 aliphatic carbocycles. The van der Waals surface area contributed by atoms with Crippen molar-refractivity contribution in [2.45, 2.75) is 51.1 Å². The number of halogens is 1. The molecule has 0 bridgehead atoms. The highest BCUT2D eigenvalue weighted by Gasteiger charge is 2.49. The standard InChI is InChI=1S/C26H40FN5O2/c1-25(2,29(3)4)24(34)32-13-10-26(11-14-32)19-21(28-23(26)33)9-12-30-15-17-31(18-16-30)22-7-5-20(27)6-8-22/h5-8,21H,9-19H2,1-4H3,(H,28,33). The van der Waals surface area contributed by atoms with Gasteiger partial charge in [-0.2, -0.15) is 0 Å². The highest BCUT2D eigenvalue weighted by atomic mass is 19.1. The van der Waals surface area contributed by atoms with Crippen molar-refractivity contribution in [3.63, 3.8) is 0 Å². The molecule has 1 aromatic rings. The number of carbonyl (C=O) groups is 2. The Morgan fingerprint density at radius 3 is 2.29 bits per heavy atom. The summed E-state index contributed by atoms with van der Waals surface area (Å²) < 4.78 is 13.2. The summed E-state index contributed by atoms with van der Waals surface area (Å²) >= 11 is 0. The monoisotopic (exact) mass is 473 g/mol. The van der Waals surface area contributed by atoms with Gasteiger partial charge in [-0.1, -0.05) is 0 Å². The van der Waals surface area contributed by atoms with Gasteiger partial charge in [0.25, 0.3) is 0 Å². The third kappa shape index (κ3) is 5.08. The van der Waals surface area contributed by atoms with Crippen LogP contribution >= 0.6 is 0 Å². The second kappa shape index (κ2) is 9.82.